The van der Waals surface area contributed by atoms with Crippen LogP contribution in [0.15, 0.2) is 12.1 Å². The molecule has 0 bridgehead atoms. The number of piperidine rings is 1. The monoisotopic (exact) mass is 411 g/mol. The number of anilines is 1. The van der Waals surface area contributed by atoms with Crippen molar-refractivity contribution in [3.05, 3.63) is 27.7 Å². The first-order valence-electron chi connectivity index (χ1n) is 9.78. The molecule has 1 aromatic rings. The van der Waals surface area contributed by atoms with Crippen LogP contribution in [-0.4, -0.2) is 35.5 Å². The quantitative estimate of drug-likeness (QED) is 0.738. The van der Waals surface area contributed by atoms with Crippen molar-refractivity contribution >= 4 is 40.7 Å². The average Bonchev–Trinajstić information content (AvgIpc) is 2.65. The van der Waals surface area contributed by atoms with Gasteiger partial charge >= 0.3 is 0 Å². The minimum Gasteiger partial charge on any atom is -0.362 e. The third-order valence-electron chi connectivity index (χ3n) is 5.73. The second-order valence-corrected chi connectivity index (χ2v) is 8.30. The number of halogens is 2. The summed E-state index contributed by atoms with van der Waals surface area (Å²) in [4.78, 5) is 27.4. The second-order valence-electron chi connectivity index (χ2n) is 7.52. The smallest absolute Gasteiger partial charge is 0.256 e. The Morgan fingerprint density at radius 1 is 1.22 bits per heavy atom. The van der Waals surface area contributed by atoms with E-state index >= 15 is 0 Å². The van der Waals surface area contributed by atoms with Crippen LogP contribution >= 0.6 is 23.2 Å². The Balaban J connectivity index is 1.69. The maximum absolute atomic E-state index is 12.8. The van der Waals surface area contributed by atoms with Crippen molar-refractivity contribution in [2.45, 2.75) is 58.0 Å². The van der Waals surface area contributed by atoms with Crippen LogP contribution in [0.2, 0.25) is 10.0 Å². The van der Waals surface area contributed by atoms with Crippen molar-refractivity contribution in [3.63, 3.8) is 0 Å². The highest BCUT2D eigenvalue weighted by molar-refractivity contribution is 6.44. The first-order valence-corrected chi connectivity index (χ1v) is 10.5. The van der Waals surface area contributed by atoms with Crippen molar-refractivity contribution in [1.29, 1.82) is 0 Å². The van der Waals surface area contributed by atoms with Crippen LogP contribution in [0.5, 0.6) is 0 Å². The molecule has 148 valence electrons. The van der Waals surface area contributed by atoms with Gasteiger partial charge in [0, 0.05) is 31.8 Å². The largest absolute Gasteiger partial charge is 0.362 e. The number of hydrogen-bond acceptors (Lipinski definition) is 3. The molecule has 2 N–H and O–H groups in total. The lowest BCUT2D eigenvalue weighted by Crippen LogP contribution is -2.63. The van der Waals surface area contributed by atoms with E-state index in [1.807, 2.05) is 4.90 Å². The lowest BCUT2D eigenvalue weighted by molar-refractivity contribution is -0.137. The fourth-order valence-electron chi connectivity index (χ4n) is 4.02. The third-order valence-corrected chi connectivity index (χ3v) is 6.53. The Kier molecular flexibility index (Phi) is 6.21. The molecule has 0 aromatic heterocycles. The lowest BCUT2D eigenvalue weighted by atomic mass is 9.90. The molecule has 1 spiro atoms. The van der Waals surface area contributed by atoms with Crippen LogP contribution in [-0.2, 0) is 4.79 Å². The summed E-state index contributed by atoms with van der Waals surface area (Å²) < 4.78 is 0. The van der Waals surface area contributed by atoms with Crippen LogP contribution in [0.3, 0.4) is 0 Å². The van der Waals surface area contributed by atoms with E-state index in [4.69, 9.17) is 23.2 Å². The summed E-state index contributed by atoms with van der Waals surface area (Å²) in [6.45, 7) is 5.49. The van der Waals surface area contributed by atoms with Gasteiger partial charge in [0.15, 0.2) is 0 Å². The van der Waals surface area contributed by atoms with Gasteiger partial charge in [-0.1, -0.05) is 49.9 Å². The molecular formula is C20H27Cl2N3O2. The van der Waals surface area contributed by atoms with Crippen molar-refractivity contribution in [1.82, 2.24) is 10.2 Å². The molecule has 1 unspecified atom stereocenters. The van der Waals surface area contributed by atoms with E-state index < -0.39 is 5.66 Å². The predicted molar refractivity (Wildman–Crippen MR) is 109 cm³/mol. The fraction of sp³-hybridized carbons (Fsp3) is 0.600. The lowest BCUT2D eigenvalue weighted by Gasteiger charge is -2.46. The van der Waals surface area contributed by atoms with Gasteiger partial charge in [-0.2, -0.15) is 0 Å². The average molecular weight is 412 g/mol. The second kappa shape index (κ2) is 8.27. The van der Waals surface area contributed by atoms with Gasteiger partial charge in [-0.05, 0) is 25.0 Å². The molecule has 7 heteroatoms. The maximum atomic E-state index is 12.8. The number of rotatable bonds is 5. The summed E-state index contributed by atoms with van der Waals surface area (Å²) in [6, 6.07) is 3.49. The van der Waals surface area contributed by atoms with Crippen molar-refractivity contribution < 1.29 is 9.59 Å². The molecule has 1 saturated heterocycles. The van der Waals surface area contributed by atoms with E-state index in [9.17, 15) is 9.59 Å². The molecule has 1 atom stereocenters. The summed E-state index contributed by atoms with van der Waals surface area (Å²) in [6.07, 6.45) is 5.34. The Bertz CT molecular complexity index is 730. The Hall–Kier alpha value is -1.46. The number of unbranched alkanes of at least 4 members (excludes halogenated alkanes) is 1. The van der Waals surface area contributed by atoms with E-state index in [0.29, 0.717) is 42.2 Å². The number of carbonyl (C=O) groups excluding carboxylic acids is 2. The van der Waals surface area contributed by atoms with Gasteiger partial charge in [0.25, 0.3) is 5.91 Å². The van der Waals surface area contributed by atoms with Crippen LogP contribution in [0.4, 0.5) is 5.69 Å². The van der Waals surface area contributed by atoms with Crippen LogP contribution in [0.1, 0.15) is 62.7 Å². The number of amides is 2. The van der Waals surface area contributed by atoms with E-state index in [1.54, 1.807) is 12.1 Å². The van der Waals surface area contributed by atoms with Gasteiger partial charge in [0.1, 0.15) is 5.66 Å². The summed E-state index contributed by atoms with van der Waals surface area (Å²) in [5, 5.41) is 7.13. The number of fused-ring (bicyclic) bond motifs is 1. The highest BCUT2D eigenvalue weighted by Gasteiger charge is 2.42. The molecule has 5 nitrogen and oxygen atoms in total. The van der Waals surface area contributed by atoms with Gasteiger partial charge < -0.3 is 15.5 Å². The van der Waals surface area contributed by atoms with Crippen LogP contribution < -0.4 is 10.6 Å². The molecule has 27 heavy (non-hydrogen) atoms. The Morgan fingerprint density at radius 3 is 2.56 bits per heavy atom. The minimum atomic E-state index is -0.539. The zero-order valence-corrected chi connectivity index (χ0v) is 17.4. The van der Waals surface area contributed by atoms with E-state index in [1.165, 1.54) is 0 Å². The fourth-order valence-corrected chi connectivity index (χ4v) is 4.42. The maximum Gasteiger partial charge on any atom is 0.256 e. The molecule has 0 radical (unpaired) electrons. The minimum absolute atomic E-state index is 0.106. The van der Waals surface area contributed by atoms with Gasteiger partial charge in [0.2, 0.25) is 5.91 Å². The molecule has 1 aromatic carbocycles. The molecular weight excluding hydrogens is 385 g/mol. The third kappa shape index (κ3) is 4.04. The van der Waals surface area contributed by atoms with Crippen molar-refractivity contribution in [3.8, 4) is 0 Å². The Morgan fingerprint density at radius 2 is 1.93 bits per heavy atom. The first-order chi connectivity index (χ1) is 12.9. The molecule has 2 amide bonds. The van der Waals surface area contributed by atoms with Gasteiger partial charge in [-0.25, -0.2) is 0 Å². The number of benzene rings is 1. The van der Waals surface area contributed by atoms with Gasteiger partial charge in [0.05, 0.1) is 21.3 Å². The number of hydrogen-bond donors (Lipinski definition) is 2. The number of nitrogens with one attached hydrogen (secondary N) is 2. The zero-order chi connectivity index (χ0) is 19.6. The highest BCUT2D eigenvalue weighted by Crippen LogP contribution is 2.38. The SMILES string of the molecule is CCCCC(CC)C(=O)N1CCC2(CC1)NC(=O)c1c(ccc(Cl)c1Cl)N2. The molecule has 1 fully saturated rings. The van der Waals surface area contributed by atoms with Crippen molar-refractivity contribution in [2.24, 2.45) is 5.92 Å². The topological polar surface area (TPSA) is 61.4 Å². The number of nitrogens with zero attached hydrogens (tertiary/aromatic N) is 1. The molecule has 2 aliphatic heterocycles. The van der Waals surface area contributed by atoms with E-state index in [0.717, 1.165) is 25.7 Å². The molecule has 2 aliphatic rings. The summed E-state index contributed by atoms with van der Waals surface area (Å²) in [7, 11) is 0. The van der Waals surface area contributed by atoms with Crippen LogP contribution in [0.25, 0.3) is 0 Å². The summed E-state index contributed by atoms with van der Waals surface area (Å²) in [5.41, 5.74) is 0.546. The molecule has 0 aliphatic carbocycles. The predicted octanol–water partition coefficient (Wildman–Crippen LogP) is 4.68. The van der Waals surface area contributed by atoms with Gasteiger partial charge in [-0.15, -0.1) is 0 Å². The van der Waals surface area contributed by atoms with Crippen molar-refractivity contribution in [2.75, 3.05) is 18.4 Å². The van der Waals surface area contributed by atoms with Crippen LogP contribution in [0, 0.1) is 5.92 Å². The molecule has 2 heterocycles. The first kappa shape index (κ1) is 20.3. The standard InChI is InChI=1S/C20H27Cl2N3O2/c1-3-5-6-13(4-2)19(27)25-11-9-20(10-12-25)23-15-8-7-14(21)17(22)16(15)18(26)24-20/h7-8,13,23H,3-6,9-12H2,1-2H3,(H,24,26). The molecule has 3 rings (SSSR count). The zero-order valence-electron chi connectivity index (χ0n) is 15.9. The summed E-state index contributed by atoms with van der Waals surface area (Å²) >= 11 is 12.2. The van der Waals surface area contributed by atoms with Gasteiger partial charge in [-0.3, -0.25) is 9.59 Å². The number of carbonyl (C=O) groups is 2. The normalized spacial score (nSPS) is 19.3. The van der Waals surface area contributed by atoms with E-state index in [-0.39, 0.29) is 22.8 Å². The highest BCUT2D eigenvalue weighted by atomic mass is 35.5. The summed E-state index contributed by atoms with van der Waals surface area (Å²) in [5.74, 6) is 0.137. The Labute approximate surface area is 170 Å². The molecule has 0 saturated carbocycles. The number of likely N-dealkylation sites (tertiary alicyclic amines) is 1. The van der Waals surface area contributed by atoms with E-state index in [2.05, 4.69) is 24.5 Å².